The smallest absolute Gasteiger partial charge is 0.126 e. The van der Waals surface area contributed by atoms with Crippen LogP contribution in [-0.2, 0) is 6.42 Å². The Morgan fingerprint density at radius 1 is 1.36 bits per heavy atom. The van der Waals surface area contributed by atoms with Gasteiger partial charge in [-0.15, -0.1) is 0 Å². The highest BCUT2D eigenvalue weighted by atomic mass is 19.1. The van der Waals surface area contributed by atoms with Crippen LogP contribution < -0.4 is 4.74 Å². The highest BCUT2D eigenvalue weighted by Crippen LogP contribution is 2.34. The van der Waals surface area contributed by atoms with Gasteiger partial charge in [-0.2, -0.15) is 0 Å². The molecular weight excluding hydrogens is 179 g/mol. The van der Waals surface area contributed by atoms with Crippen LogP contribution in [-0.4, -0.2) is 5.60 Å². The zero-order valence-electron chi connectivity index (χ0n) is 8.86. The lowest BCUT2D eigenvalue weighted by Crippen LogP contribution is -2.32. The molecule has 1 nitrogen and oxygen atoms in total. The first-order valence-corrected chi connectivity index (χ1v) is 4.96. The Labute approximate surface area is 83.9 Å². The Morgan fingerprint density at radius 2 is 2.07 bits per heavy atom. The van der Waals surface area contributed by atoms with Crippen molar-refractivity contribution in [2.75, 3.05) is 0 Å². The lowest BCUT2D eigenvalue weighted by atomic mass is 9.93. The summed E-state index contributed by atoms with van der Waals surface area (Å²) in [4.78, 5) is 0. The number of rotatable bonds is 0. The fraction of sp³-hybridized carbons (Fsp3) is 0.500. The number of ether oxygens (including phenoxy) is 1. The van der Waals surface area contributed by atoms with E-state index in [1.807, 2.05) is 0 Å². The molecule has 1 aromatic rings. The van der Waals surface area contributed by atoms with E-state index in [-0.39, 0.29) is 11.4 Å². The van der Waals surface area contributed by atoms with E-state index in [9.17, 15) is 4.39 Å². The van der Waals surface area contributed by atoms with Crippen LogP contribution in [0.1, 0.15) is 31.4 Å². The molecule has 0 aliphatic carbocycles. The van der Waals surface area contributed by atoms with Crippen LogP contribution in [0, 0.1) is 12.7 Å². The Kier molecular flexibility index (Phi) is 2.02. The van der Waals surface area contributed by atoms with Crippen molar-refractivity contribution >= 4 is 0 Å². The van der Waals surface area contributed by atoms with E-state index in [0.29, 0.717) is 5.56 Å². The second kappa shape index (κ2) is 2.97. The van der Waals surface area contributed by atoms with E-state index in [1.54, 1.807) is 19.1 Å². The molecule has 0 bridgehead atoms. The molecule has 1 aliphatic rings. The number of fused-ring (bicyclic) bond motifs is 1. The molecule has 0 aromatic heterocycles. The third-order valence-electron chi connectivity index (χ3n) is 2.72. The lowest BCUT2D eigenvalue weighted by Gasteiger charge is -2.32. The summed E-state index contributed by atoms with van der Waals surface area (Å²) < 4.78 is 19.0. The van der Waals surface area contributed by atoms with Crippen molar-refractivity contribution in [3.05, 3.63) is 29.1 Å². The molecule has 2 heteroatoms. The second-order valence-corrected chi connectivity index (χ2v) is 4.57. The number of aryl methyl sites for hydroxylation is 2. The molecule has 1 heterocycles. The van der Waals surface area contributed by atoms with Gasteiger partial charge in [-0.3, -0.25) is 0 Å². The van der Waals surface area contributed by atoms with Gasteiger partial charge in [0.05, 0.1) is 0 Å². The van der Waals surface area contributed by atoms with Crippen molar-refractivity contribution in [3.8, 4) is 5.75 Å². The van der Waals surface area contributed by atoms with E-state index in [1.165, 1.54) is 0 Å². The SMILES string of the molecule is Cc1cc2c(cc1F)CCC(C)(C)O2. The van der Waals surface area contributed by atoms with Gasteiger partial charge in [-0.05, 0) is 56.9 Å². The van der Waals surface area contributed by atoms with Crippen molar-refractivity contribution in [2.45, 2.75) is 39.2 Å². The van der Waals surface area contributed by atoms with Crippen LogP contribution in [0.4, 0.5) is 4.39 Å². The van der Waals surface area contributed by atoms with Gasteiger partial charge in [0.1, 0.15) is 17.2 Å². The van der Waals surface area contributed by atoms with Gasteiger partial charge in [0.2, 0.25) is 0 Å². The maximum absolute atomic E-state index is 13.2. The van der Waals surface area contributed by atoms with Crippen molar-refractivity contribution in [1.82, 2.24) is 0 Å². The summed E-state index contributed by atoms with van der Waals surface area (Å²) in [5, 5.41) is 0. The predicted octanol–water partition coefficient (Wildman–Crippen LogP) is 3.24. The Morgan fingerprint density at radius 3 is 2.79 bits per heavy atom. The van der Waals surface area contributed by atoms with E-state index >= 15 is 0 Å². The van der Waals surface area contributed by atoms with Crippen LogP contribution in [0.2, 0.25) is 0 Å². The summed E-state index contributed by atoms with van der Waals surface area (Å²) in [5.74, 6) is 0.715. The Balaban J connectivity index is 2.43. The van der Waals surface area contributed by atoms with Crippen molar-refractivity contribution in [2.24, 2.45) is 0 Å². The molecule has 76 valence electrons. The van der Waals surface area contributed by atoms with E-state index < -0.39 is 0 Å². The fourth-order valence-electron chi connectivity index (χ4n) is 1.77. The molecule has 0 N–H and O–H groups in total. The number of benzene rings is 1. The van der Waals surface area contributed by atoms with Crippen LogP contribution in [0.25, 0.3) is 0 Å². The summed E-state index contributed by atoms with van der Waals surface area (Å²) >= 11 is 0. The second-order valence-electron chi connectivity index (χ2n) is 4.57. The largest absolute Gasteiger partial charge is 0.488 e. The summed E-state index contributed by atoms with van der Waals surface area (Å²) in [6.07, 6.45) is 1.85. The highest BCUT2D eigenvalue weighted by Gasteiger charge is 2.26. The molecule has 0 saturated carbocycles. The summed E-state index contributed by atoms with van der Waals surface area (Å²) in [7, 11) is 0. The van der Waals surface area contributed by atoms with Crippen LogP contribution in [0.5, 0.6) is 5.75 Å². The Bertz CT molecular complexity index is 369. The van der Waals surface area contributed by atoms with Crippen LogP contribution in [0.3, 0.4) is 0 Å². The molecule has 0 amide bonds. The highest BCUT2D eigenvalue weighted by molar-refractivity contribution is 5.40. The average Bonchev–Trinajstić information content (AvgIpc) is 2.07. The van der Waals surface area contributed by atoms with Gasteiger partial charge in [0.15, 0.2) is 0 Å². The third kappa shape index (κ3) is 1.61. The van der Waals surface area contributed by atoms with Crippen LogP contribution in [0.15, 0.2) is 12.1 Å². The number of hydrogen-bond donors (Lipinski definition) is 0. The molecule has 0 fully saturated rings. The minimum absolute atomic E-state index is 0.114. The standard InChI is InChI=1S/C12H15FO/c1-8-6-11-9(7-10(8)13)4-5-12(2,3)14-11/h6-7H,4-5H2,1-3H3. The average molecular weight is 194 g/mol. The molecule has 0 unspecified atom stereocenters. The van der Waals surface area contributed by atoms with Gasteiger partial charge < -0.3 is 4.74 Å². The van der Waals surface area contributed by atoms with Gasteiger partial charge in [0.25, 0.3) is 0 Å². The third-order valence-corrected chi connectivity index (χ3v) is 2.72. The molecule has 0 spiro atoms. The first-order valence-electron chi connectivity index (χ1n) is 4.96. The molecule has 0 saturated heterocycles. The number of hydrogen-bond acceptors (Lipinski definition) is 1. The maximum atomic E-state index is 13.2. The molecule has 14 heavy (non-hydrogen) atoms. The van der Waals surface area contributed by atoms with Crippen molar-refractivity contribution in [1.29, 1.82) is 0 Å². The predicted molar refractivity (Wildman–Crippen MR) is 54.2 cm³/mol. The maximum Gasteiger partial charge on any atom is 0.126 e. The lowest BCUT2D eigenvalue weighted by molar-refractivity contribution is 0.0843. The topological polar surface area (TPSA) is 9.23 Å². The molecule has 1 aliphatic heterocycles. The molecule has 2 rings (SSSR count). The zero-order valence-corrected chi connectivity index (χ0v) is 8.86. The van der Waals surface area contributed by atoms with Gasteiger partial charge >= 0.3 is 0 Å². The van der Waals surface area contributed by atoms with Crippen molar-refractivity contribution < 1.29 is 9.13 Å². The molecule has 0 radical (unpaired) electrons. The van der Waals surface area contributed by atoms with E-state index in [2.05, 4.69) is 13.8 Å². The van der Waals surface area contributed by atoms with Crippen LogP contribution >= 0.6 is 0 Å². The summed E-state index contributed by atoms with van der Waals surface area (Å²) in [6.45, 7) is 5.89. The fourth-order valence-corrected chi connectivity index (χ4v) is 1.77. The minimum Gasteiger partial charge on any atom is -0.488 e. The molecule has 0 atom stereocenters. The Hall–Kier alpha value is -1.05. The van der Waals surface area contributed by atoms with Gasteiger partial charge in [0, 0.05) is 0 Å². The normalized spacial score (nSPS) is 18.6. The van der Waals surface area contributed by atoms with Gasteiger partial charge in [-0.25, -0.2) is 4.39 Å². The zero-order chi connectivity index (χ0) is 10.3. The minimum atomic E-state index is -0.132. The van der Waals surface area contributed by atoms with E-state index in [4.69, 9.17) is 4.74 Å². The first-order chi connectivity index (χ1) is 6.48. The molecular formula is C12H15FO. The number of halogens is 1. The monoisotopic (exact) mass is 194 g/mol. The summed E-state index contributed by atoms with van der Waals surface area (Å²) in [6, 6.07) is 3.39. The van der Waals surface area contributed by atoms with E-state index in [0.717, 1.165) is 24.2 Å². The quantitative estimate of drug-likeness (QED) is 0.616. The first kappa shape index (κ1) is 9.50. The van der Waals surface area contributed by atoms with Crippen molar-refractivity contribution in [3.63, 3.8) is 0 Å². The molecule has 1 aromatic carbocycles. The van der Waals surface area contributed by atoms with Gasteiger partial charge in [-0.1, -0.05) is 0 Å². The summed E-state index contributed by atoms with van der Waals surface area (Å²) in [5.41, 5.74) is 1.53.